The predicted octanol–water partition coefficient (Wildman–Crippen LogP) is 3.44. The van der Waals surface area contributed by atoms with Crippen molar-refractivity contribution in [2.75, 3.05) is 5.32 Å². The second-order valence-electron chi connectivity index (χ2n) is 5.07. The lowest BCUT2D eigenvalue weighted by Crippen LogP contribution is -2.30. The number of benzene rings is 1. The van der Waals surface area contributed by atoms with Crippen LogP contribution in [0.4, 0.5) is 5.69 Å². The molecule has 1 atom stereocenters. The Morgan fingerprint density at radius 2 is 1.74 bits per heavy atom. The van der Waals surface area contributed by atoms with Crippen molar-refractivity contribution >= 4 is 34.7 Å². The SMILES string of the molecule is CC(=O)c1ccc(C(=O)OC(C)C(=O)Nc2ccccc2C)s1. The molecule has 0 radical (unpaired) electrons. The lowest BCUT2D eigenvalue weighted by atomic mass is 10.2. The molecule has 0 aliphatic rings. The van der Waals surface area contributed by atoms with Gasteiger partial charge in [-0.2, -0.15) is 0 Å². The van der Waals surface area contributed by atoms with Gasteiger partial charge in [-0.1, -0.05) is 18.2 Å². The van der Waals surface area contributed by atoms with E-state index in [1.807, 2.05) is 25.1 Å². The predicted molar refractivity (Wildman–Crippen MR) is 89.0 cm³/mol. The number of hydrogen-bond donors (Lipinski definition) is 1. The Bertz CT molecular complexity index is 751. The number of rotatable bonds is 5. The summed E-state index contributed by atoms with van der Waals surface area (Å²) in [6, 6.07) is 10.4. The van der Waals surface area contributed by atoms with Crippen molar-refractivity contribution < 1.29 is 19.1 Å². The van der Waals surface area contributed by atoms with Gasteiger partial charge >= 0.3 is 5.97 Å². The maximum Gasteiger partial charge on any atom is 0.349 e. The molecule has 0 bridgehead atoms. The van der Waals surface area contributed by atoms with Crippen LogP contribution in [0.25, 0.3) is 0 Å². The molecule has 0 saturated carbocycles. The number of thiophene rings is 1. The quantitative estimate of drug-likeness (QED) is 0.673. The zero-order valence-corrected chi connectivity index (χ0v) is 13.9. The van der Waals surface area contributed by atoms with Gasteiger partial charge in [-0.3, -0.25) is 9.59 Å². The summed E-state index contributed by atoms with van der Waals surface area (Å²) in [5, 5.41) is 2.72. The standard InChI is InChI=1S/C17H17NO4S/c1-10-6-4-5-7-13(10)18-16(20)12(3)22-17(21)15-9-8-14(23-15)11(2)19/h4-9,12H,1-3H3,(H,18,20). The van der Waals surface area contributed by atoms with Crippen LogP contribution in [0.15, 0.2) is 36.4 Å². The maximum atomic E-state index is 12.1. The first kappa shape index (κ1) is 16.9. The van der Waals surface area contributed by atoms with Crippen LogP contribution in [0.1, 0.15) is 38.8 Å². The summed E-state index contributed by atoms with van der Waals surface area (Å²) in [6.45, 7) is 4.81. The van der Waals surface area contributed by atoms with Gasteiger partial charge in [0.05, 0.1) is 4.88 Å². The first-order valence-electron chi connectivity index (χ1n) is 7.06. The molecule has 1 heterocycles. The van der Waals surface area contributed by atoms with Crippen molar-refractivity contribution in [2.45, 2.75) is 26.9 Å². The number of ether oxygens (including phenoxy) is 1. The van der Waals surface area contributed by atoms with Crippen molar-refractivity contribution in [3.8, 4) is 0 Å². The Balaban J connectivity index is 1.98. The van der Waals surface area contributed by atoms with Gasteiger partial charge in [-0.15, -0.1) is 11.3 Å². The van der Waals surface area contributed by atoms with Crippen molar-refractivity contribution in [1.29, 1.82) is 0 Å². The molecule has 1 unspecified atom stereocenters. The summed E-state index contributed by atoms with van der Waals surface area (Å²) < 4.78 is 5.15. The number of anilines is 1. The van der Waals surface area contributed by atoms with Gasteiger partial charge in [0.25, 0.3) is 5.91 Å². The number of para-hydroxylation sites is 1. The molecule has 0 fully saturated rings. The van der Waals surface area contributed by atoms with Crippen LogP contribution in [0.2, 0.25) is 0 Å². The second-order valence-corrected chi connectivity index (χ2v) is 6.16. The summed E-state index contributed by atoms with van der Waals surface area (Å²) in [5.41, 5.74) is 1.60. The molecule has 0 aliphatic heterocycles. The largest absolute Gasteiger partial charge is 0.448 e. The Kier molecular flexibility index (Phi) is 5.28. The van der Waals surface area contributed by atoms with Crippen LogP contribution >= 0.6 is 11.3 Å². The fourth-order valence-electron chi connectivity index (χ4n) is 1.86. The fourth-order valence-corrected chi connectivity index (χ4v) is 2.64. The molecule has 2 rings (SSSR count). The molecule has 1 N–H and O–H groups in total. The molecule has 1 amide bonds. The molecule has 5 nitrogen and oxygen atoms in total. The molecule has 6 heteroatoms. The van der Waals surface area contributed by atoms with E-state index in [0.717, 1.165) is 16.9 Å². The van der Waals surface area contributed by atoms with E-state index in [4.69, 9.17) is 4.74 Å². The molecule has 2 aromatic rings. The number of ketones is 1. The highest BCUT2D eigenvalue weighted by Crippen LogP contribution is 2.19. The fraction of sp³-hybridized carbons (Fsp3) is 0.235. The summed E-state index contributed by atoms with van der Waals surface area (Å²) >= 11 is 1.05. The van der Waals surface area contributed by atoms with Crippen molar-refractivity contribution in [2.24, 2.45) is 0 Å². The number of amides is 1. The third kappa shape index (κ3) is 4.26. The number of esters is 1. The topological polar surface area (TPSA) is 72.5 Å². The molecular weight excluding hydrogens is 314 g/mol. The van der Waals surface area contributed by atoms with E-state index in [1.165, 1.54) is 19.9 Å². The minimum absolute atomic E-state index is 0.112. The highest BCUT2D eigenvalue weighted by molar-refractivity contribution is 7.15. The van der Waals surface area contributed by atoms with E-state index < -0.39 is 18.0 Å². The van der Waals surface area contributed by atoms with Gasteiger partial charge in [0, 0.05) is 5.69 Å². The molecule has 1 aromatic heterocycles. The maximum absolute atomic E-state index is 12.1. The van der Waals surface area contributed by atoms with Crippen molar-refractivity contribution in [3.05, 3.63) is 51.7 Å². The lowest BCUT2D eigenvalue weighted by Gasteiger charge is -2.14. The van der Waals surface area contributed by atoms with Gasteiger partial charge in [-0.25, -0.2) is 4.79 Å². The highest BCUT2D eigenvalue weighted by Gasteiger charge is 2.21. The van der Waals surface area contributed by atoms with Crippen LogP contribution in [-0.4, -0.2) is 23.8 Å². The Labute approximate surface area is 138 Å². The van der Waals surface area contributed by atoms with E-state index in [0.29, 0.717) is 15.4 Å². The van der Waals surface area contributed by atoms with E-state index in [1.54, 1.807) is 12.1 Å². The van der Waals surface area contributed by atoms with E-state index in [-0.39, 0.29) is 5.78 Å². The minimum atomic E-state index is -0.940. The summed E-state index contributed by atoms with van der Waals surface area (Å²) in [4.78, 5) is 36.1. The number of nitrogens with one attached hydrogen (secondary N) is 1. The van der Waals surface area contributed by atoms with Gasteiger partial charge in [-0.05, 0) is 44.5 Å². The highest BCUT2D eigenvalue weighted by atomic mass is 32.1. The van der Waals surface area contributed by atoms with Crippen LogP contribution in [0.3, 0.4) is 0 Å². The number of carbonyl (C=O) groups excluding carboxylic acids is 3. The van der Waals surface area contributed by atoms with Crippen molar-refractivity contribution in [1.82, 2.24) is 0 Å². The van der Waals surface area contributed by atoms with E-state index in [9.17, 15) is 14.4 Å². The molecule has 1 aromatic carbocycles. The normalized spacial score (nSPS) is 11.6. The van der Waals surface area contributed by atoms with Gasteiger partial charge in [0.15, 0.2) is 11.9 Å². The second kappa shape index (κ2) is 7.19. The molecule has 23 heavy (non-hydrogen) atoms. The van der Waals surface area contributed by atoms with Gasteiger partial charge in [0.2, 0.25) is 0 Å². The van der Waals surface area contributed by atoms with Crippen LogP contribution in [-0.2, 0) is 9.53 Å². The van der Waals surface area contributed by atoms with Crippen LogP contribution < -0.4 is 5.32 Å². The third-order valence-electron chi connectivity index (χ3n) is 3.21. The van der Waals surface area contributed by atoms with Gasteiger partial charge in [0.1, 0.15) is 4.88 Å². The van der Waals surface area contributed by atoms with Crippen molar-refractivity contribution in [3.63, 3.8) is 0 Å². The Hall–Kier alpha value is -2.47. The van der Waals surface area contributed by atoms with Crippen LogP contribution in [0.5, 0.6) is 0 Å². The zero-order valence-electron chi connectivity index (χ0n) is 13.1. The number of carbonyl (C=O) groups is 3. The molecule has 0 aliphatic carbocycles. The average molecular weight is 331 g/mol. The lowest BCUT2D eigenvalue weighted by molar-refractivity contribution is -0.123. The Morgan fingerprint density at radius 1 is 1.09 bits per heavy atom. The molecule has 0 saturated heterocycles. The number of aryl methyl sites for hydroxylation is 1. The smallest absolute Gasteiger partial charge is 0.349 e. The third-order valence-corrected chi connectivity index (χ3v) is 4.38. The summed E-state index contributed by atoms with van der Waals surface area (Å²) in [7, 11) is 0. The zero-order chi connectivity index (χ0) is 17.0. The monoisotopic (exact) mass is 331 g/mol. The summed E-state index contributed by atoms with van der Waals surface area (Å²) in [5.74, 6) is -1.13. The Morgan fingerprint density at radius 3 is 2.35 bits per heavy atom. The van der Waals surface area contributed by atoms with Crippen LogP contribution in [0, 0.1) is 6.92 Å². The number of hydrogen-bond acceptors (Lipinski definition) is 5. The summed E-state index contributed by atoms with van der Waals surface area (Å²) in [6.07, 6.45) is -0.940. The molecule has 120 valence electrons. The van der Waals surface area contributed by atoms with E-state index >= 15 is 0 Å². The number of Topliss-reactive ketones (excluding diaryl/α,β-unsaturated/α-hetero) is 1. The first-order chi connectivity index (χ1) is 10.9. The molecular formula is C17H17NO4S. The molecule has 0 spiro atoms. The van der Waals surface area contributed by atoms with Gasteiger partial charge < -0.3 is 10.1 Å². The first-order valence-corrected chi connectivity index (χ1v) is 7.88. The average Bonchev–Trinajstić information content (AvgIpc) is 2.99. The minimum Gasteiger partial charge on any atom is -0.448 e. The van der Waals surface area contributed by atoms with E-state index in [2.05, 4.69) is 5.32 Å².